The highest BCUT2D eigenvalue weighted by Gasteiger charge is 2.06. The van der Waals surface area contributed by atoms with Crippen LogP contribution in [0.25, 0.3) is 5.69 Å². The number of H-pyrrole nitrogens is 1. The smallest absolute Gasteiger partial charge is 0.330 e. The number of aliphatic hydroxyl groups excluding tert-OH is 1. The molecule has 0 fully saturated rings. The molecule has 90 valence electrons. The van der Waals surface area contributed by atoms with Crippen molar-refractivity contribution in [3.63, 3.8) is 0 Å². The lowest BCUT2D eigenvalue weighted by Crippen LogP contribution is -2.14. The molecular formula is C12H14N2O3. The molecule has 0 atom stereocenters. The number of hydrogen-bond acceptors (Lipinski definition) is 3. The molecular weight excluding hydrogens is 220 g/mol. The summed E-state index contributed by atoms with van der Waals surface area (Å²) in [7, 11) is 0. The molecule has 1 heterocycles. The van der Waals surface area contributed by atoms with Crippen LogP contribution >= 0.6 is 0 Å². The van der Waals surface area contributed by atoms with Gasteiger partial charge in [0.25, 0.3) is 0 Å². The Bertz CT molecular complexity index is 557. The lowest BCUT2D eigenvalue weighted by atomic mass is 10.2. The van der Waals surface area contributed by atoms with Gasteiger partial charge >= 0.3 is 5.69 Å². The van der Waals surface area contributed by atoms with Crippen molar-refractivity contribution in [3.8, 4) is 11.4 Å². The molecule has 0 spiro atoms. The van der Waals surface area contributed by atoms with Gasteiger partial charge in [0.2, 0.25) is 0 Å². The number of aliphatic hydroxyl groups is 1. The molecule has 17 heavy (non-hydrogen) atoms. The molecule has 1 aromatic heterocycles. The number of rotatable bonds is 4. The van der Waals surface area contributed by atoms with Crippen LogP contribution in [-0.2, 0) is 6.61 Å². The van der Waals surface area contributed by atoms with Crippen molar-refractivity contribution < 1.29 is 9.84 Å². The van der Waals surface area contributed by atoms with Crippen LogP contribution in [0.3, 0.4) is 0 Å². The van der Waals surface area contributed by atoms with Gasteiger partial charge in [0, 0.05) is 18.0 Å². The standard InChI is InChI=1S/C12H14N2O3/c1-2-17-11-4-3-10(7-9(11)8-15)14-6-5-13-12(14)16/h3-7,15H,2,8H2,1H3,(H,13,16). The van der Waals surface area contributed by atoms with E-state index in [1.54, 1.807) is 30.6 Å². The zero-order valence-corrected chi connectivity index (χ0v) is 9.51. The van der Waals surface area contributed by atoms with E-state index in [4.69, 9.17) is 4.74 Å². The lowest BCUT2D eigenvalue weighted by molar-refractivity contribution is 0.267. The summed E-state index contributed by atoms with van der Waals surface area (Å²) in [5.74, 6) is 0.641. The molecule has 0 bridgehead atoms. The second-order valence-electron chi connectivity index (χ2n) is 3.52. The van der Waals surface area contributed by atoms with Gasteiger partial charge < -0.3 is 14.8 Å². The van der Waals surface area contributed by atoms with E-state index in [0.29, 0.717) is 23.6 Å². The third-order valence-electron chi connectivity index (χ3n) is 2.44. The van der Waals surface area contributed by atoms with Crippen LogP contribution in [0.15, 0.2) is 35.4 Å². The Labute approximate surface area is 98.3 Å². The largest absolute Gasteiger partial charge is 0.494 e. The van der Waals surface area contributed by atoms with Gasteiger partial charge in [-0.2, -0.15) is 0 Å². The van der Waals surface area contributed by atoms with Crippen LogP contribution in [0.4, 0.5) is 0 Å². The number of ether oxygens (including phenoxy) is 1. The molecule has 0 amide bonds. The minimum Gasteiger partial charge on any atom is -0.494 e. The molecule has 0 saturated heterocycles. The molecule has 0 aliphatic carbocycles. The summed E-state index contributed by atoms with van der Waals surface area (Å²) in [4.78, 5) is 14.0. The second kappa shape index (κ2) is 4.88. The van der Waals surface area contributed by atoms with Crippen molar-refractivity contribution in [2.45, 2.75) is 13.5 Å². The first kappa shape index (κ1) is 11.5. The first-order valence-electron chi connectivity index (χ1n) is 5.39. The predicted octanol–water partition coefficient (Wildman–Crippen LogP) is 1.06. The van der Waals surface area contributed by atoms with E-state index >= 15 is 0 Å². The van der Waals surface area contributed by atoms with E-state index in [9.17, 15) is 9.90 Å². The Hall–Kier alpha value is -2.01. The topological polar surface area (TPSA) is 67.2 Å². The molecule has 0 aliphatic heterocycles. The molecule has 0 saturated carbocycles. The molecule has 0 unspecified atom stereocenters. The number of aromatic amines is 1. The number of imidazole rings is 1. The van der Waals surface area contributed by atoms with Gasteiger partial charge in [-0.3, -0.25) is 4.57 Å². The Morgan fingerprint density at radius 1 is 1.47 bits per heavy atom. The van der Waals surface area contributed by atoms with E-state index in [1.165, 1.54) is 4.57 Å². The van der Waals surface area contributed by atoms with Crippen LogP contribution < -0.4 is 10.4 Å². The monoisotopic (exact) mass is 234 g/mol. The van der Waals surface area contributed by atoms with E-state index < -0.39 is 0 Å². The SMILES string of the molecule is CCOc1ccc(-n2cc[nH]c2=O)cc1CO. The number of benzene rings is 1. The van der Waals surface area contributed by atoms with E-state index in [-0.39, 0.29) is 12.3 Å². The average molecular weight is 234 g/mol. The Kier molecular flexibility index (Phi) is 3.30. The zero-order chi connectivity index (χ0) is 12.3. The van der Waals surface area contributed by atoms with Crippen molar-refractivity contribution in [1.82, 2.24) is 9.55 Å². The summed E-state index contributed by atoms with van der Waals surface area (Å²) in [6, 6.07) is 5.27. The lowest BCUT2D eigenvalue weighted by Gasteiger charge is -2.10. The Morgan fingerprint density at radius 2 is 2.29 bits per heavy atom. The maximum Gasteiger partial charge on any atom is 0.330 e. The molecule has 0 aliphatic rings. The van der Waals surface area contributed by atoms with E-state index in [2.05, 4.69) is 4.98 Å². The van der Waals surface area contributed by atoms with Crippen LogP contribution in [0, 0.1) is 0 Å². The number of nitrogens with one attached hydrogen (secondary N) is 1. The van der Waals surface area contributed by atoms with Crippen molar-refractivity contribution in [2.75, 3.05) is 6.61 Å². The summed E-state index contributed by atoms with van der Waals surface area (Å²) in [6.45, 7) is 2.30. The van der Waals surface area contributed by atoms with Crippen molar-refractivity contribution in [1.29, 1.82) is 0 Å². The summed E-state index contributed by atoms with van der Waals surface area (Å²) in [6.07, 6.45) is 3.20. The molecule has 1 aromatic carbocycles. The van der Waals surface area contributed by atoms with Crippen molar-refractivity contribution in [2.24, 2.45) is 0 Å². The summed E-state index contributed by atoms with van der Waals surface area (Å²) >= 11 is 0. The Morgan fingerprint density at radius 3 is 2.88 bits per heavy atom. The van der Waals surface area contributed by atoms with Gasteiger partial charge in [0.15, 0.2) is 0 Å². The fraction of sp³-hybridized carbons (Fsp3) is 0.250. The minimum absolute atomic E-state index is 0.123. The Balaban J connectivity index is 2.45. The summed E-state index contributed by atoms with van der Waals surface area (Å²) in [5, 5.41) is 9.26. The molecule has 0 radical (unpaired) electrons. The first-order valence-corrected chi connectivity index (χ1v) is 5.39. The molecule has 5 nitrogen and oxygen atoms in total. The number of nitrogens with zero attached hydrogens (tertiary/aromatic N) is 1. The maximum atomic E-state index is 11.4. The van der Waals surface area contributed by atoms with Gasteiger partial charge in [0.05, 0.1) is 18.9 Å². The quantitative estimate of drug-likeness (QED) is 0.831. The van der Waals surface area contributed by atoms with Crippen LogP contribution in [0.2, 0.25) is 0 Å². The van der Waals surface area contributed by atoms with Gasteiger partial charge in [-0.1, -0.05) is 0 Å². The highest BCUT2D eigenvalue weighted by Crippen LogP contribution is 2.21. The van der Waals surface area contributed by atoms with Gasteiger partial charge in [-0.15, -0.1) is 0 Å². The van der Waals surface area contributed by atoms with Gasteiger partial charge in [0.1, 0.15) is 5.75 Å². The average Bonchev–Trinajstić information content (AvgIpc) is 2.76. The normalized spacial score (nSPS) is 10.5. The third-order valence-corrected chi connectivity index (χ3v) is 2.44. The fourth-order valence-electron chi connectivity index (χ4n) is 1.66. The summed E-state index contributed by atoms with van der Waals surface area (Å²) in [5.41, 5.74) is 1.15. The van der Waals surface area contributed by atoms with E-state index in [0.717, 1.165) is 0 Å². The minimum atomic E-state index is -0.210. The van der Waals surface area contributed by atoms with Gasteiger partial charge in [-0.05, 0) is 25.1 Å². The fourth-order valence-corrected chi connectivity index (χ4v) is 1.66. The molecule has 2 aromatic rings. The van der Waals surface area contributed by atoms with Crippen molar-refractivity contribution in [3.05, 3.63) is 46.6 Å². The van der Waals surface area contributed by atoms with Crippen molar-refractivity contribution >= 4 is 0 Å². The maximum absolute atomic E-state index is 11.4. The first-order chi connectivity index (χ1) is 8.26. The highest BCUT2D eigenvalue weighted by molar-refractivity contribution is 5.44. The molecule has 2 rings (SSSR count). The van der Waals surface area contributed by atoms with Crippen LogP contribution in [-0.4, -0.2) is 21.3 Å². The number of hydrogen-bond donors (Lipinski definition) is 2. The number of aromatic nitrogens is 2. The molecule has 2 N–H and O–H groups in total. The van der Waals surface area contributed by atoms with Crippen LogP contribution in [0.5, 0.6) is 5.75 Å². The van der Waals surface area contributed by atoms with Crippen LogP contribution in [0.1, 0.15) is 12.5 Å². The zero-order valence-electron chi connectivity index (χ0n) is 9.51. The predicted molar refractivity (Wildman–Crippen MR) is 63.5 cm³/mol. The third kappa shape index (κ3) is 2.24. The summed E-state index contributed by atoms with van der Waals surface area (Å²) < 4.78 is 6.84. The highest BCUT2D eigenvalue weighted by atomic mass is 16.5. The van der Waals surface area contributed by atoms with Gasteiger partial charge in [-0.25, -0.2) is 4.79 Å². The second-order valence-corrected chi connectivity index (χ2v) is 3.52. The molecule has 5 heteroatoms. The van der Waals surface area contributed by atoms with E-state index in [1.807, 2.05) is 6.92 Å².